The molecule has 5 rings (SSSR count). The van der Waals surface area contributed by atoms with Gasteiger partial charge in [-0.05, 0) is 53.2 Å². The number of benzene rings is 1. The van der Waals surface area contributed by atoms with Crippen LogP contribution >= 0.6 is 0 Å². The minimum atomic E-state index is -2.26. The van der Waals surface area contributed by atoms with Crippen molar-refractivity contribution in [2.45, 2.75) is 105 Å². The van der Waals surface area contributed by atoms with Crippen LogP contribution in [0.4, 0.5) is 5.69 Å². The van der Waals surface area contributed by atoms with Crippen LogP contribution < -0.4 is 10.1 Å². The summed E-state index contributed by atoms with van der Waals surface area (Å²) >= 11 is 0. The molecule has 3 aliphatic heterocycles. The van der Waals surface area contributed by atoms with Gasteiger partial charge in [0.15, 0.2) is 11.5 Å². The highest BCUT2D eigenvalue weighted by Gasteiger charge is 2.50. The molecule has 1 aromatic carbocycles. The summed E-state index contributed by atoms with van der Waals surface area (Å²) in [6, 6.07) is 0. The quantitative estimate of drug-likeness (QED) is 0.131. The van der Waals surface area contributed by atoms with E-state index in [1.54, 1.807) is 0 Å². The fraction of sp³-hybridized carbons (Fsp3) is 0.500. The van der Waals surface area contributed by atoms with Crippen LogP contribution in [0, 0.1) is 24.7 Å². The smallest absolute Gasteiger partial charge is 0.315 e. The Kier molecular flexibility index (Phi) is 13.7. The SMILES string of the molecule is COC(=O)C1C(O)C(C)C(O)C(C)(O)/C=C\C=C(C)C(=O)Nc2c(C)c(OC(C)=O)c3c(c2O)C(=O)C(C)=C2OCOC(=C23)/C(C)=C\C(C)(O)C(O)C(C)C1OC(C)=O. The van der Waals surface area contributed by atoms with E-state index in [9.17, 15) is 54.6 Å². The average molecular weight is 828 g/mol. The number of allylic oxidation sites excluding steroid dienone is 5. The second-order valence-corrected chi connectivity index (χ2v) is 15.6. The third-order valence-electron chi connectivity index (χ3n) is 10.9. The van der Waals surface area contributed by atoms with Crippen LogP contribution in [0.3, 0.4) is 0 Å². The number of fused-ring (bicyclic) bond motifs is 14. The number of ether oxygens (including phenoxy) is 5. The number of amides is 1. The molecule has 3 heterocycles. The molecule has 1 aliphatic carbocycles. The minimum absolute atomic E-state index is 0.00133. The largest absolute Gasteiger partial charge is 0.505 e. The molecule has 0 saturated heterocycles. The van der Waals surface area contributed by atoms with Gasteiger partial charge in [0.05, 0.1) is 42.2 Å². The van der Waals surface area contributed by atoms with Gasteiger partial charge < -0.3 is 59.6 Å². The Bertz CT molecular complexity index is 2090. The number of aromatic hydroxyl groups is 1. The van der Waals surface area contributed by atoms with E-state index in [2.05, 4.69) is 5.32 Å². The molecule has 0 radical (unpaired) electrons. The Labute approximate surface area is 341 Å². The number of Topliss-reactive ketones (excluding diaryl/α,β-unsaturated/α-hetero) is 1. The first-order chi connectivity index (χ1) is 27.3. The van der Waals surface area contributed by atoms with Gasteiger partial charge in [0.1, 0.15) is 40.5 Å². The van der Waals surface area contributed by atoms with E-state index in [-0.39, 0.29) is 61.9 Å². The molecule has 0 spiro atoms. The van der Waals surface area contributed by atoms with E-state index in [1.807, 2.05) is 0 Å². The number of carbonyl (C=O) groups is 5. The zero-order chi connectivity index (χ0) is 44.6. The number of aliphatic hydroxyl groups excluding tert-OH is 3. The number of carbonyl (C=O) groups excluding carboxylic acids is 5. The van der Waals surface area contributed by atoms with Crippen molar-refractivity contribution < 1.29 is 78.3 Å². The third kappa shape index (κ3) is 8.99. The molecule has 4 aliphatic rings. The minimum Gasteiger partial charge on any atom is -0.505 e. The molecule has 4 bridgehead atoms. The highest BCUT2D eigenvalue weighted by atomic mass is 16.7. The fourth-order valence-corrected chi connectivity index (χ4v) is 7.66. The zero-order valence-electron chi connectivity index (χ0n) is 34.8. The summed E-state index contributed by atoms with van der Waals surface area (Å²) in [5.74, 6) is -9.89. The van der Waals surface area contributed by atoms with E-state index in [0.717, 1.165) is 27.0 Å². The molecule has 9 atom stereocenters. The molecule has 1 amide bonds. The number of methoxy groups -OCH3 is 1. The van der Waals surface area contributed by atoms with Crippen molar-refractivity contribution in [2.24, 2.45) is 17.8 Å². The summed E-state index contributed by atoms with van der Waals surface area (Å²) in [5.41, 5.74) is -5.03. The number of aliphatic hydroxyl groups is 5. The average Bonchev–Trinajstić information content (AvgIpc) is 3.16. The van der Waals surface area contributed by atoms with Crippen LogP contribution in [0.2, 0.25) is 0 Å². The normalized spacial score (nSPS) is 32.1. The highest BCUT2D eigenvalue weighted by molar-refractivity contribution is 6.21. The summed E-state index contributed by atoms with van der Waals surface area (Å²) < 4.78 is 27.9. The highest BCUT2D eigenvalue weighted by Crippen LogP contribution is 2.53. The number of phenolic OH excluding ortho intramolecular Hbond substituents is 1. The number of anilines is 1. The number of ketones is 1. The molecule has 7 N–H and O–H groups in total. The second-order valence-electron chi connectivity index (χ2n) is 15.6. The van der Waals surface area contributed by atoms with Crippen molar-refractivity contribution in [3.8, 4) is 11.5 Å². The van der Waals surface area contributed by atoms with Gasteiger partial charge in [-0.1, -0.05) is 32.1 Å². The summed E-state index contributed by atoms with van der Waals surface area (Å²) in [4.78, 5) is 66.1. The Morgan fingerprint density at radius 3 is 2.03 bits per heavy atom. The number of nitrogens with one attached hydrogen (secondary N) is 1. The predicted octanol–water partition coefficient (Wildman–Crippen LogP) is 2.79. The van der Waals surface area contributed by atoms with Gasteiger partial charge in [0, 0.05) is 48.0 Å². The van der Waals surface area contributed by atoms with Crippen molar-refractivity contribution in [3.05, 3.63) is 69.2 Å². The monoisotopic (exact) mass is 827 g/mol. The lowest BCUT2D eigenvalue weighted by Crippen LogP contribution is -2.55. The van der Waals surface area contributed by atoms with Crippen LogP contribution in [0.5, 0.6) is 11.5 Å². The molecule has 0 fully saturated rings. The van der Waals surface area contributed by atoms with E-state index in [4.69, 9.17) is 23.7 Å². The van der Waals surface area contributed by atoms with E-state index < -0.39 is 95.5 Å². The van der Waals surface area contributed by atoms with Crippen LogP contribution in [-0.2, 0) is 38.1 Å². The van der Waals surface area contributed by atoms with E-state index >= 15 is 0 Å². The molecular formula is C42H53NO16. The van der Waals surface area contributed by atoms with Gasteiger partial charge in [-0.2, -0.15) is 0 Å². The van der Waals surface area contributed by atoms with Crippen molar-refractivity contribution in [2.75, 3.05) is 19.2 Å². The van der Waals surface area contributed by atoms with Gasteiger partial charge in [-0.3, -0.25) is 24.0 Å². The summed E-state index contributed by atoms with van der Waals surface area (Å²) in [6.07, 6.45) is -2.49. The topological polar surface area (TPSA) is 265 Å². The van der Waals surface area contributed by atoms with Crippen LogP contribution in [0.15, 0.2) is 52.5 Å². The van der Waals surface area contributed by atoms with E-state index in [1.165, 1.54) is 73.6 Å². The Morgan fingerprint density at radius 2 is 1.46 bits per heavy atom. The van der Waals surface area contributed by atoms with E-state index in [0.29, 0.717) is 0 Å². The van der Waals surface area contributed by atoms with Crippen molar-refractivity contribution in [1.82, 2.24) is 0 Å². The molecule has 17 heteroatoms. The fourth-order valence-electron chi connectivity index (χ4n) is 7.66. The Morgan fingerprint density at radius 1 is 0.864 bits per heavy atom. The van der Waals surface area contributed by atoms with Gasteiger partial charge in [-0.25, -0.2) is 0 Å². The first-order valence-corrected chi connectivity index (χ1v) is 18.8. The standard InChI is InChI=1S/C42H53NO16/c1-17-13-12-14-41(9,53)37(49)21(5)31(47)28(40(52)55-11)36(59-24(8)45)22(6)38(50)42(10,54)15-18(2)33-27-25-26(30(46)20(4)34(27)57-16-56-33)32(48)29(43-39(17)51)19(3)35(25)58-23(7)44/h12-15,21-22,28,31,36-38,47-50,53-54H,16H2,1-11H3,(H,43,51)/b14-12-,17-13?,18-15-. The molecule has 322 valence electrons. The maximum Gasteiger partial charge on any atom is 0.315 e. The van der Waals surface area contributed by atoms with Gasteiger partial charge in [-0.15, -0.1) is 0 Å². The van der Waals surface area contributed by atoms with Gasteiger partial charge >= 0.3 is 17.9 Å². The zero-order valence-corrected chi connectivity index (χ0v) is 34.8. The van der Waals surface area contributed by atoms with Crippen molar-refractivity contribution >= 4 is 40.9 Å². The number of rotatable bonds is 3. The maximum absolute atomic E-state index is 14.0. The lowest BCUT2D eigenvalue weighted by atomic mass is 9.74. The molecule has 17 nitrogen and oxygen atoms in total. The van der Waals surface area contributed by atoms with Crippen LogP contribution in [0.1, 0.15) is 83.8 Å². The summed E-state index contributed by atoms with van der Waals surface area (Å²) in [5, 5.41) is 72.5. The maximum atomic E-state index is 14.0. The van der Waals surface area contributed by atoms with Crippen molar-refractivity contribution in [1.29, 1.82) is 0 Å². The molecule has 59 heavy (non-hydrogen) atoms. The summed E-state index contributed by atoms with van der Waals surface area (Å²) in [6.45, 7) is 12.5. The van der Waals surface area contributed by atoms with Crippen LogP contribution in [-0.4, -0.2) is 110 Å². The second kappa shape index (κ2) is 17.5. The van der Waals surface area contributed by atoms with Crippen LogP contribution in [0.25, 0.3) is 5.57 Å². The van der Waals surface area contributed by atoms with Crippen molar-refractivity contribution in [3.63, 3.8) is 0 Å². The molecular weight excluding hydrogens is 774 g/mol. The first kappa shape index (κ1) is 46.4. The molecule has 1 aromatic rings. The lowest BCUT2D eigenvalue weighted by Gasteiger charge is -2.41. The molecule has 9 unspecified atom stereocenters. The lowest BCUT2D eigenvalue weighted by molar-refractivity contribution is -0.183. The number of hydrogen-bond donors (Lipinski definition) is 7. The Hall–Kier alpha value is -5.33. The number of hydrogen-bond acceptors (Lipinski definition) is 16. The summed E-state index contributed by atoms with van der Waals surface area (Å²) in [7, 11) is 1.01. The van der Waals surface area contributed by atoms with Gasteiger partial charge in [0.25, 0.3) is 5.91 Å². The molecule has 0 saturated carbocycles. The van der Waals surface area contributed by atoms with Gasteiger partial charge in [0.2, 0.25) is 6.79 Å². The third-order valence-corrected chi connectivity index (χ3v) is 10.9. The predicted molar refractivity (Wildman–Crippen MR) is 209 cm³/mol. The molecule has 0 aromatic heterocycles. The number of phenols is 1. The Balaban J connectivity index is 2.12. The number of esters is 3. The first-order valence-electron chi connectivity index (χ1n) is 18.8.